The number of rotatable bonds is 2. The summed E-state index contributed by atoms with van der Waals surface area (Å²) in [5.41, 5.74) is 4.97. The summed E-state index contributed by atoms with van der Waals surface area (Å²) in [5, 5.41) is 8.59. The van der Waals surface area contributed by atoms with Crippen molar-refractivity contribution in [3.8, 4) is 0 Å². The largest absolute Gasteiger partial charge is 0.394 e. The molecule has 4 heteroatoms. The second-order valence-corrected chi connectivity index (χ2v) is 2.41. The van der Waals surface area contributed by atoms with Crippen LogP contribution >= 0.6 is 0 Å². The quantitative estimate of drug-likeness (QED) is 0.524. The molecule has 1 aliphatic heterocycles. The van der Waals surface area contributed by atoms with Crippen LogP contribution in [0.15, 0.2) is 0 Å². The molecular formula is C6H11NO3. The highest BCUT2D eigenvalue weighted by molar-refractivity contribution is 5.79. The lowest BCUT2D eigenvalue weighted by Gasteiger charge is -2.06. The number of primary amides is 1. The van der Waals surface area contributed by atoms with Gasteiger partial charge in [-0.15, -0.1) is 0 Å². The average Bonchev–Trinajstić information content (AvgIpc) is 2.34. The number of amides is 1. The predicted octanol–water partition coefficient (Wildman–Crippen LogP) is -0.988. The van der Waals surface area contributed by atoms with Gasteiger partial charge < -0.3 is 15.6 Å². The van der Waals surface area contributed by atoms with Gasteiger partial charge in [-0.25, -0.2) is 0 Å². The first-order chi connectivity index (χ1) is 4.74. The maximum Gasteiger partial charge on any atom is 0.246 e. The minimum absolute atomic E-state index is 0.0240. The Morgan fingerprint density at radius 3 is 2.70 bits per heavy atom. The third-order valence-corrected chi connectivity index (χ3v) is 1.63. The number of hydrogen-bond donors (Lipinski definition) is 2. The van der Waals surface area contributed by atoms with Crippen LogP contribution in [0.1, 0.15) is 12.8 Å². The summed E-state index contributed by atoms with van der Waals surface area (Å²) in [6.07, 6.45) is 0.708. The maximum absolute atomic E-state index is 10.5. The van der Waals surface area contributed by atoms with E-state index in [0.29, 0.717) is 6.42 Å². The zero-order valence-electron chi connectivity index (χ0n) is 5.62. The van der Waals surface area contributed by atoms with Gasteiger partial charge in [-0.1, -0.05) is 0 Å². The number of aliphatic hydroxyl groups excluding tert-OH is 1. The molecule has 4 nitrogen and oxygen atoms in total. The zero-order chi connectivity index (χ0) is 7.56. The van der Waals surface area contributed by atoms with Crippen LogP contribution in [-0.4, -0.2) is 29.8 Å². The molecule has 10 heavy (non-hydrogen) atoms. The molecule has 1 aliphatic rings. The summed E-state index contributed by atoms with van der Waals surface area (Å²) in [4.78, 5) is 10.5. The van der Waals surface area contributed by atoms with Crippen molar-refractivity contribution >= 4 is 5.91 Å². The van der Waals surface area contributed by atoms with E-state index < -0.39 is 12.0 Å². The fourth-order valence-electron chi connectivity index (χ4n) is 1.05. The second-order valence-electron chi connectivity index (χ2n) is 2.41. The van der Waals surface area contributed by atoms with E-state index in [9.17, 15) is 4.79 Å². The molecule has 1 rings (SSSR count). The van der Waals surface area contributed by atoms with E-state index >= 15 is 0 Å². The highest BCUT2D eigenvalue weighted by Crippen LogP contribution is 2.18. The Labute approximate surface area is 59.0 Å². The van der Waals surface area contributed by atoms with Crippen LogP contribution in [0.5, 0.6) is 0 Å². The zero-order valence-corrected chi connectivity index (χ0v) is 5.62. The van der Waals surface area contributed by atoms with Crippen molar-refractivity contribution in [2.45, 2.75) is 25.0 Å². The van der Waals surface area contributed by atoms with Crippen molar-refractivity contribution < 1.29 is 14.6 Å². The minimum atomic E-state index is -0.475. The molecule has 1 amide bonds. The first-order valence-corrected chi connectivity index (χ1v) is 3.29. The predicted molar refractivity (Wildman–Crippen MR) is 34.2 cm³/mol. The Morgan fingerprint density at radius 2 is 2.40 bits per heavy atom. The van der Waals surface area contributed by atoms with E-state index in [0.717, 1.165) is 6.42 Å². The van der Waals surface area contributed by atoms with Crippen LogP contribution in [0.25, 0.3) is 0 Å². The standard InChI is InChI=1S/C6H11NO3/c7-6(9)5-2-1-4(3-8)10-5/h4-5,8H,1-3H2,(H2,7,9)/t4-,5+/m1/s1. The van der Waals surface area contributed by atoms with Gasteiger partial charge in [0.1, 0.15) is 6.10 Å². The summed E-state index contributed by atoms with van der Waals surface area (Å²) in [5.74, 6) is -0.434. The summed E-state index contributed by atoms with van der Waals surface area (Å²) < 4.78 is 5.05. The van der Waals surface area contributed by atoms with Gasteiger partial charge in [0.15, 0.2) is 0 Å². The van der Waals surface area contributed by atoms with E-state index in [1.54, 1.807) is 0 Å². The smallest absolute Gasteiger partial charge is 0.246 e. The molecule has 1 saturated heterocycles. The molecule has 2 atom stereocenters. The fourth-order valence-corrected chi connectivity index (χ4v) is 1.05. The van der Waals surface area contributed by atoms with Gasteiger partial charge in [-0.3, -0.25) is 4.79 Å². The lowest BCUT2D eigenvalue weighted by molar-refractivity contribution is -0.129. The Bertz CT molecular complexity index is 137. The minimum Gasteiger partial charge on any atom is -0.394 e. The third-order valence-electron chi connectivity index (χ3n) is 1.63. The molecule has 0 aliphatic carbocycles. The van der Waals surface area contributed by atoms with E-state index in [2.05, 4.69) is 0 Å². The fraction of sp³-hybridized carbons (Fsp3) is 0.833. The van der Waals surface area contributed by atoms with Crippen molar-refractivity contribution in [1.29, 1.82) is 0 Å². The van der Waals surface area contributed by atoms with Crippen LogP contribution in [0.4, 0.5) is 0 Å². The van der Waals surface area contributed by atoms with Crippen molar-refractivity contribution in [1.82, 2.24) is 0 Å². The highest BCUT2D eigenvalue weighted by atomic mass is 16.5. The number of carbonyl (C=O) groups is 1. The second kappa shape index (κ2) is 2.98. The van der Waals surface area contributed by atoms with E-state index in [4.69, 9.17) is 15.6 Å². The molecule has 0 aromatic rings. The number of hydrogen-bond acceptors (Lipinski definition) is 3. The molecule has 1 heterocycles. The van der Waals surface area contributed by atoms with Crippen LogP contribution in [-0.2, 0) is 9.53 Å². The molecule has 0 unspecified atom stereocenters. The van der Waals surface area contributed by atoms with Gasteiger partial charge in [0.25, 0.3) is 0 Å². The first-order valence-electron chi connectivity index (χ1n) is 3.29. The number of aliphatic hydroxyl groups is 1. The summed E-state index contributed by atoms with van der Waals surface area (Å²) in [7, 11) is 0. The van der Waals surface area contributed by atoms with Crippen LogP contribution in [0, 0.1) is 0 Å². The third kappa shape index (κ3) is 1.46. The Hall–Kier alpha value is -0.610. The van der Waals surface area contributed by atoms with Crippen molar-refractivity contribution in [2.75, 3.05) is 6.61 Å². The van der Waals surface area contributed by atoms with Gasteiger partial charge in [0.05, 0.1) is 12.7 Å². The number of nitrogens with two attached hydrogens (primary N) is 1. The lowest BCUT2D eigenvalue weighted by atomic mass is 10.2. The summed E-state index contributed by atoms with van der Waals surface area (Å²) >= 11 is 0. The topological polar surface area (TPSA) is 72.6 Å². The first kappa shape index (κ1) is 7.50. The van der Waals surface area contributed by atoms with E-state index in [-0.39, 0.29) is 12.7 Å². The molecular weight excluding hydrogens is 134 g/mol. The van der Waals surface area contributed by atoms with E-state index in [1.807, 2.05) is 0 Å². The van der Waals surface area contributed by atoms with E-state index in [1.165, 1.54) is 0 Å². The Morgan fingerprint density at radius 1 is 1.70 bits per heavy atom. The average molecular weight is 145 g/mol. The van der Waals surface area contributed by atoms with Crippen LogP contribution < -0.4 is 5.73 Å². The van der Waals surface area contributed by atoms with Gasteiger partial charge in [-0.2, -0.15) is 0 Å². The van der Waals surface area contributed by atoms with Gasteiger partial charge in [0.2, 0.25) is 5.91 Å². The number of carbonyl (C=O) groups excluding carboxylic acids is 1. The Balaban J connectivity index is 2.35. The van der Waals surface area contributed by atoms with Crippen molar-refractivity contribution in [3.63, 3.8) is 0 Å². The summed E-state index contributed by atoms with van der Waals surface area (Å²) in [6.45, 7) is -0.0240. The van der Waals surface area contributed by atoms with Gasteiger partial charge in [-0.05, 0) is 12.8 Å². The molecule has 3 N–H and O–H groups in total. The summed E-state index contributed by atoms with van der Waals surface area (Å²) in [6, 6.07) is 0. The molecule has 0 aromatic carbocycles. The molecule has 0 radical (unpaired) electrons. The molecule has 1 fully saturated rings. The molecule has 58 valence electrons. The molecule has 0 spiro atoms. The monoisotopic (exact) mass is 145 g/mol. The lowest BCUT2D eigenvalue weighted by Crippen LogP contribution is -2.29. The van der Waals surface area contributed by atoms with Gasteiger partial charge >= 0.3 is 0 Å². The van der Waals surface area contributed by atoms with Gasteiger partial charge in [0, 0.05) is 0 Å². The van der Waals surface area contributed by atoms with Crippen LogP contribution in [0.3, 0.4) is 0 Å². The van der Waals surface area contributed by atoms with Crippen molar-refractivity contribution in [3.05, 3.63) is 0 Å². The molecule has 0 bridgehead atoms. The highest BCUT2D eigenvalue weighted by Gasteiger charge is 2.28. The maximum atomic E-state index is 10.5. The molecule has 0 aromatic heterocycles. The molecule has 0 saturated carbocycles. The van der Waals surface area contributed by atoms with Crippen molar-refractivity contribution in [2.24, 2.45) is 5.73 Å². The Kier molecular flexibility index (Phi) is 2.24. The van der Waals surface area contributed by atoms with Crippen LogP contribution in [0.2, 0.25) is 0 Å². The SMILES string of the molecule is NC(=O)[C@@H]1CC[C@H](CO)O1. The normalized spacial score (nSPS) is 32.5. The number of ether oxygens (including phenoxy) is 1.